The molecule has 0 saturated heterocycles. The first-order valence-corrected chi connectivity index (χ1v) is 4.74. The summed E-state index contributed by atoms with van der Waals surface area (Å²) in [6, 6.07) is 5.22. The molecule has 0 spiro atoms. The van der Waals surface area contributed by atoms with Crippen LogP contribution in [0.4, 0.5) is 13.2 Å². The van der Waals surface area contributed by atoms with E-state index < -0.39 is 29.7 Å². The van der Waals surface area contributed by atoms with Gasteiger partial charge in [-0.05, 0) is 5.56 Å². The molecule has 0 aromatic heterocycles. The molecular weight excluding hydrogens is 251 g/mol. The van der Waals surface area contributed by atoms with Crippen molar-refractivity contribution < 1.29 is 28.2 Å². The molecule has 7 heteroatoms. The number of rotatable bonds is 3. The molecule has 0 fully saturated rings. The number of carbonyl (C=O) groups excluding carboxylic acids is 1. The number of aliphatic hydroxyl groups excluding tert-OH is 2. The van der Waals surface area contributed by atoms with E-state index in [9.17, 15) is 23.1 Å². The van der Waals surface area contributed by atoms with E-state index in [0.29, 0.717) is 0 Å². The molecule has 2 atom stereocenters. The van der Waals surface area contributed by atoms with Crippen LogP contribution in [0.2, 0.25) is 0 Å². The number of halogens is 3. The third kappa shape index (κ3) is 3.06. The van der Waals surface area contributed by atoms with Crippen LogP contribution in [0, 0.1) is 11.3 Å². The summed E-state index contributed by atoms with van der Waals surface area (Å²) >= 11 is 0. The Bertz CT molecular complexity index is 476. The highest BCUT2D eigenvalue weighted by atomic mass is 19.4. The SMILES string of the molecule is N#CC(O)C(O)c1ccc(C(=O)C(F)(F)F)cc1. The molecular formula is C11H8F3NO3. The van der Waals surface area contributed by atoms with Crippen LogP contribution in [0.1, 0.15) is 22.0 Å². The third-order valence-corrected chi connectivity index (χ3v) is 2.20. The van der Waals surface area contributed by atoms with Gasteiger partial charge in [0, 0.05) is 5.56 Å². The van der Waals surface area contributed by atoms with Gasteiger partial charge in [0.15, 0.2) is 6.10 Å². The molecule has 1 aromatic rings. The zero-order valence-electron chi connectivity index (χ0n) is 8.85. The van der Waals surface area contributed by atoms with Gasteiger partial charge in [0.25, 0.3) is 5.78 Å². The van der Waals surface area contributed by atoms with E-state index in [1.807, 2.05) is 0 Å². The predicted octanol–water partition coefficient (Wildman–Crippen LogP) is 1.35. The number of ketones is 1. The highest BCUT2D eigenvalue weighted by Gasteiger charge is 2.39. The Hall–Kier alpha value is -1.91. The molecule has 96 valence electrons. The van der Waals surface area contributed by atoms with Crippen LogP contribution in [0.15, 0.2) is 24.3 Å². The van der Waals surface area contributed by atoms with Crippen LogP contribution in [-0.4, -0.2) is 28.3 Å². The van der Waals surface area contributed by atoms with E-state index in [2.05, 4.69) is 0 Å². The lowest BCUT2D eigenvalue weighted by Crippen LogP contribution is -2.23. The minimum absolute atomic E-state index is 0.0442. The first kappa shape index (κ1) is 14.2. The van der Waals surface area contributed by atoms with E-state index in [1.165, 1.54) is 6.07 Å². The van der Waals surface area contributed by atoms with Crippen molar-refractivity contribution in [3.8, 4) is 6.07 Å². The molecule has 0 bridgehead atoms. The highest BCUT2D eigenvalue weighted by molar-refractivity contribution is 6.00. The summed E-state index contributed by atoms with van der Waals surface area (Å²) in [5, 5.41) is 26.8. The summed E-state index contributed by atoms with van der Waals surface area (Å²) in [4.78, 5) is 10.8. The first-order chi connectivity index (χ1) is 8.27. The van der Waals surface area contributed by atoms with Crippen LogP contribution >= 0.6 is 0 Å². The van der Waals surface area contributed by atoms with Crippen LogP contribution in [0.5, 0.6) is 0 Å². The average Bonchev–Trinajstić information content (AvgIpc) is 2.35. The molecule has 2 N–H and O–H groups in total. The number of hydrogen-bond acceptors (Lipinski definition) is 4. The van der Waals surface area contributed by atoms with Crippen LogP contribution in [0.25, 0.3) is 0 Å². The predicted molar refractivity (Wildman–Crippen MR) is 53.4 cm³/mol. The van der Waals surface area contributed by atoms with Crippen molar-refractivity contribution >= 4 is 5.78 Å². The Balaban J connectivity index is 2.94. The first-order valence-electron chi connectivity index (χ1n) is 4.74. The highest BCUT2D eigenvalue weighted by Crippen LogP contribution is 2.23. The van der Waals surface area contributed by atoms with Crippen molar-refractivity contribution in [1.29, 1.82) is 5.26 Å². The van der Waals surface area contributed by atoms with Crippen molar-refractivity contribution in [2.45, 2.75) is 18.4 Å². The van der Waals surface area contributed by atoms with E-state index >= 15 is 0 Å². The maximum absolute atomic E-state index is 12.1. The molecule has 0 saturated carbocycles. The Morgan fingerprint density at radius 2 is 1.72 bits per heavy atom. The third-order valence-electron chi connectivity index (χ3n) is 2.20. The second-order valence-electron chi connectivity index (χ2n) is 3.47. The van der Waals surface area contributed by atoms with Crippen LogP contribution in [-0.2, 0) is 0 Å². The number of hydrogen-bond donors (Lipinski definition) is 2. The number of nitrogens with zero attached hydrogens (tertiary/aromatic N) is 1. The molecule has 4 nitrogen and oxygen atoms in total. The molecule has 0 amide bonds. The largest absolute Gasteiger partial charge is 0.454 e. The Labute approximate surface area is 99.9 Å². The van der Waals surface area contributed by atoms with Gasteiger partial charge >= 0.3 is 6.18 Å². The van der Waals surface area contributed by atoms with Crippen molar-refractivity contribution in [2.24, 2.45) is 0 Å². The molecule has 2 unspecified atom stereocenters. The summed E-state index contributed by atoms with van der Waals surface area (Å²) in [5.74, 6) is -2.00. The Morgan fingerprint density at radius 1 is 1.22 bits per heavy atom. The van der Waals surface area contributed by atoms with Crippen molar-refractivity contribution in [3.05, 3.63) is 35.4 Å². The minimum Gasteiger partial charge on any atom is -0.385 e. The van der Waals surface area contributed by atoms with Gasteiger partial charge in [-0.25, -0.2) is 0 Å². The normalized spacial score (nSPS) is 14.7. The van der Waals surface area contributed by atoms with E-state index in [-0.39, 0.29) is 5.56 Å². The van der Waals surface area contributed by atoms with Crippen LogP contribution in [0.3, 0.4) is 0 Å². The molecule has 0 radical (unpaired) electrons. The maximum atomic E-state index is 12.1. The number of aliphatic hydroxyl groups is 2. The number of nitriles is 1. The number of Topliss-reactive ketones (excluding diaryl/α,β-unsaturated/α-hetero) is 1. The molecule has 0 aliphatic heterocycles. The minimum atomic E-state index is -4.97. The average molecular weight is 259 g/mol. The number of benzene rings is 1. The number of alkyl halides is 3. The molecule has 18 heavy (non-hydrogen) atoms. The fourth-order valence-electron chi connectivity index (χ4n) is 1.25. The quantitative estimate of drug-likeness (QED) is 0.634. The van der Waals surface area contributed by atoms with Gasteiger partial charge < -0.3 is 10.2 Å². The van der Waals surface area contributed by atoms with Crippen LogP contribution < -0.4 is 0 Å². The smallest absolute Gasteiger partial charge is 0.385 e. The van der Waals surface area contributed by atoms with Gasteiger partial charge in [0.1, 0.15) is 6.10 Å². The van der Waals surface area contributed by atoms with Gasteiger partial charge in [-0.2, -0.15) is 18.4 Å². The molecule has 0 heterocycles. The molecule has 1 aromatic carbocycles. The molecule has 0 aliphatic rings. The lowest BCUT2D eigenvalue weighted by atomic mass is 10.0. The summed E-state index contributed by atoms with van der Waals surface area (Å²) in [5.41, 5.74) is -0.535. The Morgan fingerprint density at radius 3 is 2.11 bits per heavy atom. The van der Waals surface area contributed by atoms with Gasteiger partial charge in [0.05, 0.1) is 6.07 Å². The number of carbonyl (C=O) groups is 1. The Kier molecular flexibility index (Phi) is 4.06. The lowest BCUT2D eigenvalue weighted by molar-refractivity contribution is -0.0885. The van der Waals surface area contributed by atoms with E-state index in [4.69, 9.17) is 10.4 Å². The second-order valence-corrected chi connectivity index (χ2v) is 3.47. The lowest BCUT2D eigenvalue weighted by Gasteiger charge is -2.12. The van der Waals surface area contributed by atoms with Gasteiger partial charge in [-0.3, -0.25) is 4.79 Å². The zero-order chi connectivity index (χ0) is 13.9. The monoisotopic (exact) mass is 259 g/mol. The topological polar surface area (TPSA) is 81.3 Å². The fraction of sp³-hybridized carbons (Fsp3) is 0.273. The van der Waals surface area contributed by atoms with Crippen molar-refractivity contribution in [1.82, 2.24) is 0 Å². The van der Waals surface area contributed by atoms with Gasteiger partial charge in [-0.15, -0.1) is 0 Å². The summed E-state index contributed by atoms with van der Waals surface area (Å²) in [6.45, 7) is 0. The van der Waals surface area contributed by atoms with E-state index in [0.717, 1.165) is 24.3 Å². The van der Waals surface area contributed by atoms with Crippen molar-refractivity contribution in [2.75, 3.05) is 0 Å². The zero-order valence-corrected chi connectivity index (χ0v) is 8.85. The van der Waals surface area contributed by atoms with Gasteiger partial charge in [0.2, 0.25) is 0 Å². The standard InChI is InChI=1S/C11H8F3NO3/c12-11(13,14)10(18)7-3-1-6(2-4-7)9(17)8(16)5-15/h1-4,8-9,16-17H. The summed E-state index contributed by atoms with van der Waals surface area (Å²) < 4.78 is 36.3. The summed E-state index contributed by atoms with van der Waals surface area (Å²) in [7, 11) is 0. The van der Waals surface area contributed by atoms with E-state index in [1.54, 1.807) is 0 Å². The molecule has 0 aliphatic carbocycles. The fourth-order valence-corrected chi connectivity index (χ4v) is 1.25. The summed E-state index contributed by atoms with van der Waals surface area (Å²) in [6.07, 6.45) is -8.19. The van der Waals surface area contributed by atoms with Gasteiger partial charge in [-0.1, -0.05) is 24.3 Å². The van der Waals surface area contributed by atoms with Crippen molar-refractivity contribution in [3.63, 3.8) is 0 Å². The second kappa shape index (κ2) is 5.16. The maximum Gasteiger partial charge on any atom is 0.454 e. The molecule has 1 rings (SSSR count).